The number of methoxy groups -OCH3 is 1. The van der Waals surface area contributed by atoms with Gasteiger partial charge in [0.25, 0.3) is 0 Å². The molecule has 7 nitrogen and oxygen atoms in total. The molecule has 114 valence electrons. The zero-order valence-corrected chi connectivity index (χ0v) is 12.1. The third-order valence-corrected chi connectivity index (χ3v) is 2.89. The number of carboxylic acids is 1. The number of rotatable bonds is 5. The van der Waals surface area contributed by atoms with Crippen LogP contribution in [-0.4, -0.2) is 48.7 Å². The van der Waals surface area contributed by atoms with Crippen molar-refractivity contribution in [3.05, 3.63) is 29.8 Å². The minimum Gasteiger partial charge on any atom is -0.481 e. The third kappa shape index (κ3) is 4.48. The van der Waals surface area contributed by atoms with Gasteiger partial charge < -0.3 is 20.1 Å². The summed E-state index contributed by atoms with van der Waals surface area (Å²) in [7, 11) is 2.73. The van der Waals surface area contributed by atoms with Crippen LogP contribution in [-0.2, 0) is 9.53 Å². The largest absolute Gasteiger partial charge is 0.481 e. The van der Waals surface area contributed by atoms with Gasteiger partial charge in [-0.2, -0.15) is 0 Å². The summed E-state index contributed by atoms with van der Waals surface area (Å²) in [4.78, 5) is 35.6. The van der Waals surface area contributed by atoms with Crippen LogP contribution in [0.2, 0.25) is 0 Å². The number of nitrogens with one attached hydrogen (secondary N) is 1. The minimum absolute atomic E-state index is 0.0571. The fraction of sp³-hybridized carbons (Fsp3) is 0.357. The van der Waals surface area contributed by atoms with Crippen LogP contribution in [0.4, 0.5) is 10.5 Å². The summed E-state index contributed by atoms with van der Waals surface area (Å²) < 4.78 is 4.63. The molecule has 7 heteroatoms. The van der Waals surface area contributed by atoms with E-state index in [1.807, 2.05) is 0 Å². The SMILES string of the molecule is COC(=O)c1ccccc1NC(=O)N(C)CC(C)C(=O)O. The number of carbonyl (C=O) groups is 3. The fourth-order valence-corrected chi connectivity index (χ4v) is 1.66. The summed E-state index contributed by atoms with van der Waals surface area (Å²) in [6.07, 6.45) is 0. The Morgan fingerprint density at radius 1 is 1.33 bits per heavy atom. The van der Waals surface area contributed by atoms with E-state index in [4.69, 9.17) is 5.11 Å². The number of aliphatic carboxylic acids is 1. The van der Waals surface area contributed by atoms with Gasteiger partial charge in [-0.1, -0.05) is 19.1 Å². The van der Waals surface area contributed by atoms with E-state index in [1.54, 1.807) is 18.2 Å². The summed E-state index contributed by atoms with van der Waals surface area (Å²) >= 11 is 0. The Labute approximate surface area is 122 Å². The number of carbonyl (C=O) groups excluding carboxylic acids is 2. The van der Waals surface area contributed by atoms with Crippen molar-refractivity contribution in [2.75, 3.05) is 26.0 Å². The van der Waals surface area contributed by atoms with Crippen molar-refractivity contribution in [3.8, 4) is 0 Å². The molecule has 0 spiro atoms. The Morgan fingerprint density at radius 3 is 2.52 bits per heavy atom. The van der Waals surface area contributed by atoms with E-state index in [0.29, 0.717) is 5.69 Å². The molecule has 0 fully saturated rings. The highest BCUT2D eigenvalue weighted by atomic mass is 16.5. The lowest BCUT2D eigenvalue weighted by atomic mass is 10.1. The molecule has 2 N–H and O–H groups in total. The lowest BCUT2D eigenvalue weighted by Crippen LogP contribution is -2.37. The molecule has 0 aliphatic heterocycles. The summed E-state index contributed by atoms with van der Waals surface area (Å²) in [5, 5.41) is 11.4. The van der Waals surface area contributed by atoms with Crippen molar-refractivity contribution < 1.29 is 24.2 Å². The highest BCUT2D eigenvalue weighted by Crippen LogP contribution is 2.16. The number of carboxylic acid groups (broad SMARTS) is 1. The Hall–Kier alpha value is -2.57. The van der Waals surface area contributed by atoms with Gasteiger partial charge in [0.15, 0.2) is 0 Å². The topological polar surface area (TPSA) is 95.9 Å². The Morgan fingerprint density at radius 2 is 1.95 bits per heavy atom. The van der Waals surface area contributed by atoms with Gasteiger partial charge in [-0.15, -0.1) is 0 Å². The zero-order chi connectivity index (χ0) is 16.0. The van der Waals surface area contributed by atoms with E-state index >= 15 is 0 Å². The normalized spacial score (nSPS) is 11.4. The highest BCUT2D eigenvalue weighted by Gasteiger charge is 2.19. The standard InChI is InChI=1S/C14H18N2O5/c1-9(12(17)18)8-16(2)14(20)15-11-7-5-4-6-10(11)13(19)21-3/h4-7,9H,8H2,1-3H3,(H,15,20)(H,17,18). The van der Waals surface area contributed by atoms with Crippen LogP contribution in [0.1, 0.15) is 17.3 Å². The first-order chi connectivity index (χ1) is 9.86. The van der Waals surface area contributed by atoms with Gasteiger partial charge >= 0.3 is 18.0 Å². The highest BCUT2D eigenvalue weighted by molar-refractivity contribution is 6.00. The third-order valence-electron chi connectivity index (χ3n) is 2.89. The van der Waals surface area contributed by atoms with E-state index < -0.39 is 23.9 Å². The Balaban J connectivity index is 2.79. The van der Waals surface area contributed by atoms with Gasteiger partial charge in [0.2, 0.25) is 0 Å². The van der Waals surface area contributed by atoms with Crippen LogP contribution >= 0.6 is 0 Å². The Bertz CT molecular complexity index is 544. The van der Waals surface area contributed by atoms with Crippen molar-refractivity contribution in [3.63, 3.8) is 0 Å². The molecule has 1 aromatic rings. The van der Waals surface area contributed by atoms with Crippen molar-refractivity contribution in [2.45, 2.75) is 6.92 Å². The molecule has 0 radical (unpaired) electrons. The van der Waals surface area contributed by atoms with Crippen molar-refractivity contribution in [1.82, 2.24) is 4.90 Å². The van der Waals surface area contributed by atoms with Crippen LogP contribution in [0.3, 0.4) is 0 Å². The molecule has 0 aromatic heterocycles. The summed E-state index contributed by atoms with van der Waals surface area (Å²) in [5.41, 5.74) is 0.539. The minimum atomic E-state index is -0.982. The number of urea groups is 1. The molecule has 0 saturated heterocycles. The van der Waals surface area contributed by atoms with Crippen LogP contribution < -0.4 is 5.32 Å². The van der Waals surface area contributed by atoms with E-state index in [0.717, 1.165) is 0 Å². The lowest BCUT2D eigenvalue weighted by Gasteiger charge is -2.20. The fourth-order valence-electron chi connectivity index (χ4n) is 1.66. The smallest absolute Gasteiger partial charge is 0.339 e. The molecule has 1 aromatic carbocycles. The zero-order valence-electron chi connectivity index (χ0n) is 12.1. The predicted molar refractivity (Wildman–Crippen MR) is 76.2 cm³/mol. The molecular formula is C14H18N2O5. The van der Waals surface area contributed by atoms with Crippen molar-refractivity contribution in [2.24, 2.45) is 5.92 Å². The van der Waals surface area contributed by atoms with E-state index in [9.17, 15) is 14.4 Å². The maximum absolute atomic E-state index is 12.0. The second-order valence-corrected chi connectivity index (χ2v) is 4.59. The quantitative estimate of drug-likeness (QED) is 0.805. The van der Waals surface area contributed by atoms with Crippen LogP contribution in [0.5, 0.6) is 0 Å². The van der Waals surface area contributed by atoms with Gasteiger partial charge in [0.1, 0.15) is 0 Å². The van der Waals surface area contributed by atoms with Gasteiger partial charge in [-0.05, 0) is 12.1 Å². The molecule has 0 heterocycles. The second kappa shape index (κ2) is 7.28. The van der Waals surface area contributed by atoms with Crippen molar-refractivity contribution in [1.29, 1.82) is 0 Å². The van der Waals surface area contributed by atoms with Gasteiger partial charge in [-0.25, -0.2) is 9.59 Å². The Kier molecular flexibility index (Phi) is 5.71. The number of hydrogen-bond acceptors (Lipinski definition) is 4. The molecule has 1 unspecified atom stereocenters. The molecule has 0 saturated carbocycles. The van der Waals surface area contributed by atoms with Crippen LogP contribution in [0, 0.1) is 5.92 Å². The summed E-state index contributed by atoms with van der Waals surface area (Å²) in [6, 6.07) is 5.92. The molecule has 0 bridgehead atoms. The number of ether oxygens (including phenoxy) is 1. The molecule has 1 rings (SSSR count). The maximum Gasteiger partial charge on any atom is 0.339 e. The van der Waals surface area contributed by atoms with E-state index in [1.165, 1.54) is 32.0 Å². The first-order valence-corrected chi connectivity index (χ1v) is 6.29. The van der Waals surface area contributed by atoms with Crippen LogP contribution in [0.25, 0.3) is 0 Å². The lowest BCUT2D eigenvalue weighted by molar-refractivity contribution is -0.141. The molecule has 0 aliphatic carbocycles. The van der Waals surface area contributed by atoms with Gasteiger partial charge in [-0.3, -0.25) is 4.79 Å². The number of anilines is 1. The molecule has 1 atom stereocenters. The number of benzene rings is 1. The van der Waals surface area contributed by atoms with Gasteiger partial charge in [0, 0.05) is 13.6 Å². The van der Waals surface area contributed by atoms with E-state index in [2.05, 4.69) is 10.1 Å². The number of para-hydroxylation sites is 1. The average Bonchev–Trinajstić information content (AvgIpc) is 2.46. The summed E-state index contributed by atoms with van der Waals surface area (Å²) in [6.45, 7) is 1.57. The first-order valence-electron chi connectivity index (χ1n) is 6.29. The van der Waals surface area contributed by atoms with Crippen LogP contribution in [0.15, 0.2) is 24.3 Å². The predicted octanol–water partition coefficient (Wildman–Crippen LogP) is 1.66. The molecule has 2 amide bonds. The second-order valence-electron chi connectivity index (χ2n) is 4.59. The van der Waals surface area contributed by atoms with E-state index in [-0.39, 0.29) is 12.1 Å². The van der Waals surface area contributed by atoms with Crippen molar-refractivity contribution >= 4 is 23.7 Å². The number of amides is 2. The molecule has 21 heavy (non-hydrogen) atoms. The molecule has 0 aliphatic rings. The summed E-state index contributed by atoms with van der Waals surface area (Å²) in [5.74, 6) is -2.23. The number of hydrogen-bond donors (Lipinski definition) is 2. The average molecular weight is 294 g/mol. The number of nitrogens with zero attached hydrogens (tertiary/aromatic N) is 1. The number of esters is 1. The van der Waals surface area contributed by atoms with Gasteiger partial charge in [0.05, 0.1) is 24.3 Å². The first kappa shape index (κ1) is 16.5. The monoisotopic (exact) mass is 294 g/mol. The molecular weight excluding hydrogens is 276 g/mol. The maximum atomic E-state index is 12.0.